The molecule has 3 atom stereocenters. The summed E-state index contributed by atoms with van der Waals surface area (Å²) >= 11 is 0. The van der Waals surface area contributed by atoms with Crippen molar-refractivity contribution in [1.29, 1.82) is 0 Å². The summed E-state index contributed by atoms with van der Waals surface area (Å²) in [6, 6.07) is 0.0667. The number of carbonyl (C=O) groups excluding carboxylic acids is 1. The molecule has 0 aromatic carbocycles. The SMILES string of the molecule is O=C(N[C@@H]1CS(=O)(=O)[C@H]2CN(C3CCOCC3)C[C@@H]12)c1cn[nH]c1. The number of sulfone groups is 1. The van der Waals surface area contributed by atoms with Gasteiger partial charge in [0, 0.05) is 50.5 Å². The zero-order chi connectivity index (χ0) is 16.7. The topological polar surface area (TPSA) is 104 Å². The molecule has 1 aromatic rings. The van der Waals surface area contributed by atoms with E-state index < -0.39 is 9.84 Å². The smallest absolute Gasteiger partial charge is 0.254 e. The van der Waals surface area contributed by atoms with Gasteiger partial charge in [-0.2, -0.15) is 5.10 Å². The quantitative estimate of drug-likeness (QED) is 0.752. The van der Waals surface area contributed by atoms with Crippen LogP contribution in [0.1, 0.15) is 23.2 Å². The van der Waals surface area contributed by atoms with Gasteiger partial charge in [0.1, 0.15) is 0 Å². The summed E-state index contributed by atoms with van der Waals surface area (Å²) < 4.78 is 30.5. The number of fused-ring (bicyclic) bond motifs is 1. The number of H-pyrrole nitrogens is 1. The maximum Gasteiger partial charge on any atom is 0.254 e. The molecule has 132 valence electrons. The normalized spacial score (nSPS) is 33.4. The molecule has 0 unspecified atom stereocenters. The van der Waals surface area contributed by atoms with Crippen LogP contribution in [-0.4, -0.2) is 78.8 Å². The van der Waals surface area contributed by atoms with Crippen molar-refractivity contribution in [2.45, 2.75) is 30.2 Å². The average molecular weight is 354 g/mol. The molecule has 0 bridgehead atoms. The summed E-state index contributed by atoms with van der Waals surface area (Å²) in [5.41, 5.74) is 0.426. The Morgan fingerprint density at radius 1 is 1.33 bits per heavy atom. The molecule has 0 spiro atoms. The van der Waals surface area contributed by atoms with Crippen LogP contribution in [0.3, 0.4) is 0 Å². The number of hydrogen-bond acceptors (Lipinski definition) is 6. The van der Waals surface area contributed by atoms with Gasteiger partial charge in [0.05, 0.1) is 22.8 Å². The Hall–Kier alpha value is -1.45. The summed E-state index contributed by atoms with van der Waals surface area (Å²) in [6.45, 7) is 2.79. The average Bonchev–Trinajstić information content (AvgIpc) is 3.28. The van der Waals surface area contributed by atoms with E-state index in [1.54, 1.807) is 0 Å². The van der Waals surface area contributed by atoms with Crippen molar-refractivity contribution in [2.24, 2.45) is 5.92 Å². The lowest BCUT2D eigenvalue weighted by atomic mass is 10.00. The first-order valence-electron chi connectivity index (χ1n) is 8.37. The third kappa shape index (κ3) is 2.84. The summed E-state index contributed by atoms with van der Waals surface area (Å²) in [7, 11) is -3.17. The highest BCUT2D eigenvalue weighted by molar-refractivity contribution is 7.92. The fourth-order valence-electron chi connectivity index (χ4n) is 4.22. The largest absolute Gasteiger partial charge is 0.381 e. The minimum Gasteiger partial charge on any atom is -0.381 e. The Balaban J connectivity index is 1.48. The monoisotopic (exact) mass is 354 g/mol. The van der Waals surface area contributed by atoms with Crippen LogP contribution in [0.15, 0.2) is 12.4 Å². The van der Waals surface area contributed by atoms with E-state index in [2.05, 4.69) is 20.4 Å². The Morgan fingerprint density at radius 3 is 2.83 bits per heavy atom. The Kier molecular flexibility index (Phi) is 4.09. The summed E-state index contributed by atoms with van der Waals surface area (Å²) in [5, 5.41) is 8.90. The fraction of sp³-hybridized carbons (Fsp3) is 0.733. The molecule has 0 aliphatic carbocycles. The highest BCUT2D eigenvalue weighted by Crippen LogP contribution is 2.36. The molecule has 0 radical (unpaired) electrons. The minimum absolute atomic E-state index is 0.0336. The van der Waals surface area contributed by atoms with Gasteiger partial charge in [0.2, 0.25) is 0 Å². The number of nitrogens with zero attached hydrogens (tertiary/aromatic N) is 2. The molecule has 0 saturated carbocycles. The van der Waals surface area contributed by atoms with Crippen LogP contribution in [0.25, 0.3) is 0 Å². The van der Waals surface area contributed by atoms with E-state index >= 15 is 0 Å². The van der Waals surface area contributed by atoms with Gasteiger partial charge >= 0.3 is 0 Å². The second-order valence-corrected chi connectivity index (χ2v) is 9.16. The van der Waals surface area contributed by atoms with Crippen LogP contribution >= 0.6 is 0 Å². The number of likely N-dealkylation sites (tertiary alicyclic amines) is 1. The number of rotatable bonds is 3. The van der Waals surface area contributed by atoms with Gasteiger partial charge in [0.15, 0.2) is 9.84 Å². The molecule has 1 amide bonds. The van der Waals surface area contributed by atoms with E-state index in [4.69, 9.17) is 4.74 Å². The first-order valence-corrected chi connectivity index (χ1v) is 10.1. The third-order valence-electron chi connectivity index (χ3n) is 5.51. The zero-order valence-corrected chi connectivity index (χ0v) is 14.2. The highest BCUT2D eigenvalue weighted by Gasteiger charge is 2.53. The minimum atomic E-state index is -3.17. The van der Waals surface area contributed by atoms with E-state index in [1.165, 1.54) is 12.4 Å². The number of carbonyl (C=O) groups is 1. The van der Waals surface area contributed by atoms with Crippen LogP contribution in [0.5, 0.6) is 0 Å². The maximum atomic E-state index is 12.5. The van der Waals surface area contributed by atoms with E-state index in [9.17, 15) is 13.2 Å². The van der Waals surface area contributed by atoms with Gasteiger partial charge < -0.3 is 10.1 Å². The van der Waals surface area contributed by atoms with Crippen molar-refractivity contribution >= 4 is 15.7 Å². The van der Waals surface area contributed by atoms with Crippen molar-refractivity contribution in [3.63, 3.8) is 0 Å². The van der Waals surface area contributed by atoms with E-state index in [-0.39, 0.29) is 28.9 Å². The summed E-state index contributed by atoms with van der Waals surface area (Å²) in [4.78, 5) is 14.5. The van der Waals surface area contributed by atoms with Crippen LogP contribution < -0.4 is 5.32 Å². The molecular formula is C15H22N4O4S. The second kappa shape index (κ2) is 6.12. The lowest BCUT2D eigenvalue weighted by Gasteiger charge is -2.32. The number of amides is 1. The van der Waals surface area contributed by atoms with Crippen molar-refractivity contribution in [1.82, 2.24) is 20.4 Å². The fourth-order valence-corrected chi connectivity index (χ4v) is 6.52. The molecule has 24 heavy (non-hydrogen) atoms. The van der Waals surface area contributed by atoms with Gasteiger partial charge in [-0.3, -0.25) is 14.8 Å². The van der Waals surface area contributed by atoms with Crippen LogP contribution in [0.2, 0.25) is 0 Å². The summed E-state index contributed by atoms with van der Waals surface area (Å²) in [6.07, 6.45) is 4.86. The van der Waals surface area contributed by atoms with E-state index in [0.29, 0.717) is 18.2 Å². The Bertz CT molecular complexity index is 699. The van der Waals surface area contributed by atoms with E-state index in [1.807, 2.05) is 0 Å². The number of aromatic amines is 1. The molecular weight excluding hydrogens is 332 g/mol. The first kappa shape index (κ1) is 16.0. The number of aromatic nitrogens is 2. The van der Waals surface area contributed by atoms with Gasteiger partial charge in [-0.25, -0.2) is 8.42 Å². The molecule has 3 saturated heterocycles. The van der Waals surface area contributed by atoms with Crippen molar-refractivity contribution in [3.05, 3.63) is 18.0 Å². The standard InChI is InChI=1S/C15H22N4O4S/c20-15(10-5-16-17-6-10)18-13-9-24(21,22)14-8-19(7-12(13)14)11-1-3-23-4-2-11/h5-6,11-14H,1-4,7-9H2,(H,16,17)(H,18,20)/t12-,13+,14-/m0/s1. The molecule has 2 N–H and O–H groups in total. The highest BCUT2D eigenvalue weighted by atomic mass is 32.2. The van der Waals surface area contributed by atoms with Crippen molar-refractivity contribution in [2.75, 3.05) is 32.1 Å². The lowest BCUT2D eigenvalue weighted by Crippen LogP contribution is -2.44. The second-order valence-electron chi connectivity index (χ2n) is 6.90. The predicted molar refractivity (Wildman–Crippen MR) is 86.3 cm³/mol. The Morgan fingerprint density at radius 2 is 2.12 bits per heavy atom. The molecule has 8 nitrogen and oxygen atoms in total. The lowest BCUT2D eigenvalue weighted by molar-refractivity contribution is 0.0406. The molecule has 4 heterocycles. The molecule has 3 fully saturated rings. The van der Waals surface area contributed by atoms with Crippen LogP contribution in [0, 0.1) is 5.92 Å². The number of hydrogen-bond donors (Lipinski definition) is 2. The van der Waals surface area contributed by atoms with Crippen LogP contribution in [-0.2, 0) is 14.6 Å². The van der Waals surface area contributed by atoms with E-state index in [0.717, 1.165) is 32.6 Å². The van der Waals surface area contributed by atoms with Gasteiger partial charge in [-0.15, -0.1) is 0 Å². The number of ether oxygens (including phenoxy) is 1. The zero-order valence-electron chi connectivity index (χ0n) is 13.3. The van der Waals surface area contributed by atoms with Crippen LogP contribution in [0.4, 0.5) is 0 Å². The molecule has 1 aromatic heterocycles. The van der Waals surface area contributed by atoms with Crippen molar-refractivity contribution in [3.8, 4) is 0 Å². The van der Waals surface area contributed by atoms with Gasteiger partial charge in [0.25, 0.3) is 5.91 Å². The first-order chi connectivity index (χ1) is 11.5. The molecule has 9 heteroatoms. The van der Waals surface area contributed by atoms with Gasteiger partial charge in [-0.05, 0) is 12.8 Å². The Labute approximate surface area is 140 Å². The molecule has 4 rings (SSSR count). The molecule has 3 aliphatic rings. The number of nitrogens with one attached hydrogen (secondary N) is 2. The summed E-state index contributed by atoms with van der Waals surface area (Å²) in [5.74, 6) is -0.268. The van der Waals surface area contributed by atoms with Crippen molar-refractivity contribution < 1.29 is 17.9 Å². The molecule has 3 aliphatic heterocycles. The maximum absolute atomic E-state index is 12.5. The predicted octanol–water partition coefficient (Wildman–Crippen LogP) is -0.584. The van der Waals surface area contributed by atoms with Gasteiger partial charge in [-0.1, -0.05) is 0 Å². The third-order valence-corrected chi connectivity index (χ3v) is 7.76.